The Kier molecular flexibility index (Phi) is 12.5. The molecule has 0 saturated carbocycles. The molecule has 0 aromatic carbocycles. The van der Waals surface area contributed by atoms with Gasteiger partial charge in [-0.2, -0.15) is 0 Å². The predicted molar refractivity (Wildman–Crippen MR) is 76.6 cm³/mol. The molecule has 1 aliphatic rings. The van der Waals surface area contributed by atoms with Crippen molar-refractivity contribution < 1.29 is 17.3 Å². The monoisotopic (exact) mass is 275 g/mol. The fraction of sp³-hybridized carbons (Fsp3) is 1.00. The van der Waals surface area contributed by atoms with Gasteiger partial charge in [0.2, 0.25) is 0 Å². The van der Waals surface area contributed by atoms with Gasteiger partial charge in [-0.05, 0) is 19.3 Å². The van der Waals surface area contributed by atoms with Gasteiger partial charge in [-0.25, -0.2) is 0 Å². The molecule has 2 unspecified atom stereocenters. The third kappa shape index (κ3) is 7.63. The summed E-state index contributed by atoms with van der Waals surface area (Å²) < 4.78 is 0. The van der Waals surface area contributed by atoms with Crippen molar-refractivity contribution >= 4 is 0 Å². The van der Waals surface area contributed by atoms with Crippen LogP contribution in [0.1, 0.15) is 84.5 Å². The molecular weight excluding hydrogens is 242 g/mol. The molecule has 1 saturated heterocycles. The van der Waals surface area contributed by atoms with E-state index in [1.165, 1.54) is 83.7 Å². The third-order valence-corrected chi connectivity index (χ3v) is 4.47. The molecule has 1 rings (SSSR count). The summed E-state index contributed by atoms with van der Waals surface area (Å²) in [6, 6.07) is 1.000. The number of hydrogen-bond donors (Lipinski definition) is 1. The molecule has 1 heterocycles. The Morgan fingerprint density at radius 3 is 2.11 bits per heavy atom. The molecule has 0 aromatic rings. The summed E-state index contributed by atoms with van der Waals surface area (Å²) in [7, 11) is 0. The van der Waals surface area contributed by atoms with Crippen LogP contribution in [0.5, 0.6) is 0 Å². The van der Waals surface area contributed by atoms with Gasteiger partial charge in [0, 0.05) is 12.8 Å². The lowest BCUT2D eigenvalue weighted by Gasteiger charge is -2.20. The maximum atomic E-state index is 2.36. The van der Waals surface area contributed by atoms with Crippen molar-refractivity contribution in [3.63, 3.8) is 0 Å². The maximum absolute atomic E-state index is 2.36. The summed E-state index contributed by atoms with van der Waals surface area (Å²) in [6.07, 6.45) is 16.0. The van der Waals surface area contributed by atoms with Gasteiger partial charge in [0.1, 0.15) is 0 Å². The maximum Gasteiger partial charge on any atom is 0.0874 e. The molecular formula is C16H34ClN. The van der Waals surface area contributed by atoms with Crippen molar-refractivity contribution in [3.05, 3.63) is 0 Å². The van der Waals surface area contributed by atoms with Crippen molar-refractivity contribution in [3.8, 4) is 0 Å². The molecule has 110 valence electrons. The molecule has 0 spiro atoms. The Labute approximate surface area is 121 Å². The molecule has 2 atom stereocenters. The predicted octanol–water partition coefficient (Wildman–Crippen LogP) is 0.588. The fourth-order valence-electron chi connectivity index (χ4n) is 3.29. The normalized spacial score (nSPS) is 23.0. The first-order valence-electron chi connectivity index (χ1n) is 8.23. The molecule has 1 nitrogen and oxygen atoms in total. The summed E-state index contributed by atoms with van der Waals surface area (Å²) in [5.41, 5.74) is 0. The van der Waals surface area contributed by atoms with E-state index < -0.39 is 0 Å². The van der Waals surface area contributed by atoms with E-state index in [1.54, 1.807) is 0 Å². The molecule has 18 heavy (non-hydrogen) atoms. The highest BCUT2D eigenvalue weighted by atomic mass is 35.5. The molecule has 0 amide bonds. The zero-order valence-corrected chi connectivity index (χ0v) is 13.4. The lowest BCUT2D eigenvalue weighted by molar-refractivity contribution is -0.912. The van der Waals surface area contributed by atoms with Crippen LogP contribution >= 0.6 is 0 Å². The van der Waals surface area contributed by atoms with Crippen molar-refractivity contribution in [1.82, 2.24) is 0 Å². The van der Waals surface area contributed by atoms with E-state index in [9.17, 15) is 0 Å². The van der Waals surface area contributed by atoms with Crippen LogP contribution in [0.15, 0.2) is 0 Å². The lowest BCUT2D eigenvalue weighted by atomic mass is 10.1. The van der Waals surface area contributed by atoms with E-state index in [1.807, 2.05) is 4.90 Å². The van der Waals surface area contributed by atoms with Crippen LogP contribution in [-0.2, 0) is 0 Å². The summed E-state index contributed by atoms with van der Waals surface area (Å²) in [5.74, 6) is 0. The van der Waals surface area contributed by atoms with Gasteiger partial charge in [0.15, 0.2) is 0 Å². The van der Waals surface area contributed by atoms with Gasteiger partial charge >= 0.3 is 0 Å². The second kappa shape index (κ2) is 12.3. The second-order valence-corrected chi connectivity index (χ2v) is 5.88. The number of quaternary nitrogens is 1. The van der Waals surface area contributed by atoms with Crippen LogP contribution in [0.2, 0.25) is 0 Å². The second-order valence-electron chi connectivity index (χ2n) is 5.88. The van der Waals surface area contributed by atoms with Crippen LogP contribution < -0.4 is 17.3 Å². The van der Waals surface area contributed by atoms with Crippen LogP contribution in [-0.4, -0.2) is 19.1 Å². The first kappa shape index (κ1) is 18.2. The zero-order valence-electron chi connectivity index (χ0n) is 12.6. The minimum atomic E-state index is 0. The zero-order chi connectivity index (χ0) is 12.3. The summed E-state index contributed by atoms with van der Waals surface area (Å²) in [6.45, 7) is 7.56. The smallest absolute Gasteiger partial charge is 0.0874 e. The fourth-order valence-corrected chi connectivity index (χ4v) is 3.29. The van der Waals surface area contributed by atoms with Crippen molar-refractivity contribution in [2.45, 2.75) is 90.5 Å². The number of likely N-dealkylation sites (tertiary alicyclic amines) is 1. The summed E-state index contributed by atoms with van der Waals surface area (Å²) >= 11 is 0. The Hall–Kier alpha value is 0.250. The van der Waals surface area contributed by atoms with E-state index in [4.69, 9.17) is 0 Å². The molecule has 0 bridgehead atoms. The first-order chi connectivity index (χ1) is 8.38. The minimum Gasteiger partial charge on any atom is -1.00 e. The van der Waals surface area contributed by atoms with Gasteiger partial charge < -0.3 is 17.3 Å². The SMILES string of the molecule is CCCCCCCCCC[NH+]1CCCC1CC.[Cl-]. The third-order valence-electron chi connectivity index (χ3n) is 4.47. The van der Waals surface area contributed by atoms with E-state index in [0.717, 1.165) is 6.04 Å². The highest BCUT2D eigenvalue weighted by Gasteiger charge is 2.25. The first-order valence-corrected chi connectivity index (χ1v) is 8.23. The largest absolute Gasteiger partial charge is 1.00 e. The van der Waals surface area contributed by atoms with Gasteiger partial charge in [0.05, 0.1) is 19.1 Å². The molecule has 1 aliphatic heterocycles. The summed E-state index contributed by atoms with van der Waals surface area (Å²) in [4.78, 5) is 1.92. The molecule has 0 radical (unpaired) electrons. The van der Waals surface area contributed by atoms with E-state index >= 15 is 0 Å². The molecule has 2 heteroatoms. The molecule has 1 fully saturated rings. The number of halogens is 1. The number of nitrogens with one attached hydrogen (secondary N) is 1. The van der Waals surface area contributed by atoms with Crippen molar-refractivity contribution in [1.29, 1.82) is 0 Å². The Morgan fingerprint density at radius 1 is 0.889 bits per heavy atom. The average molecular weight is 276 g/mol. The van der Waals surface area contributed by atoms with Gasteiger partial charge in [-0.3, -0.25) is 0 Å². The van der Waals surface area contributed by atoms with Crippen molar-refractivity contribution in [2.75, 3.05) is 13.1 Å². The quantitative estimate of drug-likeness (QED) is 0.557. The number of rotatable bonds is 10. The standard InChI is InChI=1S/C16H33N.ClH/c1-3-5-6-7-8-9-10-11-14-17-15-12-13-16(17)4-2;/h16H,3-15H2,1-2H3;1H. The van der Waals surface area contributed by atoms with E-state index in [0.29, 0.717) is 0 Å². The average Bonchev–Trinajstić information content (AvgIpc) is 2.80. The number of unbranched alkanes of at least 4 members (excludes halogenated alkanes) is 7. The Bertz CT molecular complexity index is 172. The van der Waals surface area contributed by atoms with Crippen LogP contribution in [0, 0.1) is 0 Å². The van der Waals surface area contributed by atoms with Gasteiger partial charge in [-0.15, -0.1) is 0 Å². The minimum absolute atomic E-state index is 0. The van der Waals surface area contributed by atoms with Crippen LogP contribution in [0.4, 0.5) is 0 Å². The highest BCUT2D eigenvalue weighted by molar-refractivity contribution is 4.60. The van der Waals surface area contributed by atoms with E-state index in [2.05, 4.69) is 13.8 Å². The Balaban J connectivity index is 0.00000289. The Morgan fingerprint density at radius 2 is 1.50 bits per heavy atom. The highest BCUT2D eigenvalue weighted by Crippen LogP contribution is 2.08. The molecule has 0 aliphatic carbocycles. The molecule has 1 N–H and O–H groups in total. The summed E-state index contributed by atoms with van der Waals surface area (Å²) in [5, 5.41) is 0. The number of hydrogen-bond acceptors (Lipinski definition) is 0. The van der Waals surface area contributed by atoms with Crippen molar-refractivity contribution in [2.24, 2.45) is 0 Å². The van der Waals surface area contributed by atoms with Gasteiger partial charge in [-0.1, -0.05) is 52.4 Å². The van der Waals surface area contributed by atoms with Crippen LogP contribution in [0.25, 0.3) is 0 Å². The van der Waals surface area contributed by atoms with Crippen LogP contribution in [0.3, 0.4) is 0 Å². The molecule has 0 aromatic heterocycles. The van der Waals surface area contributed by atoms with Gasteiger partial charge in [0.25, 0.3) is 0 Å². The topological polar surface area (TPSA) is 4.44 Å². The van der Waals surface area contributed by atoms with E-state index in [-0.39, 0.29) is 12.4 Å². The lowest BCUT2D eigenvalue weighted by Crippen LogP contribution is -3.13.